The minimum Gasteiger partial charge on any atom is -0.494 e. The predicted molar refractivity (Wildman–Crippen MR) is 118 cm³/mol. The van der Waals surface area contributed by atoms with E-state index in [1.165, 1.54) is 44.6 Å². The van der Waals surface area contributed by atoms with Gasteiger partial charge in [-0.15, -0.1) is 0 Å². The van der Waals surface area contributed by atoms with Gasteiger partial charge in [-0.05, 0) is 24.3 Å². The molecule has 3 aromatic carbocycles. The molecule has 0 radical (unpaired) electrons. The number of amides is 2. The molecule has 0 saturated heterocycles. The lowest BCUT2D eigenvalue weighted by Crippen LogP contribution is -2.17. The molecular formula is C23H20ClFN2O4. The van der Waals surface area contributed by atoms with Crippen LogP contribution in [0.2, 0.25) is 5.02 Å². The zero-order valence-corrected chi connectivity index (χ0v) is 17.6. The first-order valence-electron chi connectivity index (χ1n) is 9.28. The molecule has 8 heteroatoms. The Labute approximate surface area is 183 Å². The van der Waals surface area contributed by atoms with Crippen molar-refractivity contribution in [2.45, 2.75) is 6.42 Å². The molecule has 3 rings (SSSR count). The van der Waals surface area contributed by atoms with Crippen LogP contribution >= 0.6 is 11.6 Å². The Morgan fingerprint density at radius 1 is 0.903 bits per heavy atom. The summed E-state index contributed by atoms with van der Waals surface area (Å²) in [6.07, 6.45) is -0.260. The molecule has 160 valence electrons. The number of hydrogen-bond donors (Lipinski definition) is 2. The van der Waals surface area contributed by atoms with Crippen molar-refractivity contribution in [1.29, 1.82) is 0 Å². The van der Waals surface area contributed by atoms with Gasteiger partial charge in [0.25, 0.3) is 5.91 Å². The van der Waals surface area contributed by atoms with Crippen LogP contribution in [0.5, 0.6) is 11.5 Å². The molecule has 0 aliphatic carbocycles. The van der Waals surface area contributed by atoms with Gasteiger partial charge in [0.1, 0.15) is 17.3 Å². The number of benzene rings is 3. The smallest absolute Gasteiger partial charge is 0.255 e. The third-order valence-corrected chi connectivity index (χ3v) is 4.83. The van der Waals surface area contributed by atoms with E-state index < -0.39 is 11.7 Å². The van der Waals surface area contributed by atoms with Crippen LogP contribution in [0.1, 0.15) is 15.9 Å². The fraction of sp³-hybridized carbons (Fsp3) is 0.130. The lowest BCUT2D eigenvalue weighted by atomic mass is 10.1. The molecule has 0 atom stereocenters. The molecule has 0 aromatic heterocycles. The first-order chi connectivity index (χ1) is 14.9. The minimum absolute atomic E-state index is 0.0966. The first kappa shape index (κ1) is 22.1. The molecule has 0 saturated carbocycles. The molecule has 6 nitrogen and oxygen atoms in total. The topological polar surface area (TPSA) is 76.7 Å². The normalized spacial score (nSPS) is 10.3. The number of halogens is 2. The van der Waals surface area contributed by atoms with Crippen molar-refractivity contribution >= 4 is 34.8 Å². The standard InChI is InChI=1S/C23H20ClFN2O4/c1-30-20-13-19(27-23(29)14-7-4-3-5-8-14)21(31-2)12-18(20)26-22(28)11-15-16(24)9-6-10-17(15)25/h3-10,12-13H,11H2,1-2H3,(H,26,28)(H,27,29). The summed E-state index contributed by atoms with van der Waals surface area (Å²) in [7, 11) is 2.86. The van der Waals surface area contributed by atoms with Gasteiger partial charge in [0.2, 0.25) is 5.91 Å². The van der Waals surface area contributed by atoms with Crippen molar-refractivity contribution in [3.8, 4) is 11.5 Å². The number of methoxy groups -OCH3 is 2. The quantitative estimate of drug-likeness (QED) is 0.544. The molecule has 0 unspecified atom stereocenters. The summed E-state index contributed by atoms with van der Waals surface area (Å²) in [6.45, 7) is 0. The number of carbonyl (C=O) groups excluding carboxylic acids is 2. The molecule has 0 bridgehead atoms. The van der Waals surface area contributed by atoms with Gasteiger partial charge in [-0.25, -0.2) is 4.39 Å². The number of hydrogen-bond acceptors (Lipinski definition) is 4. The number of nitrogens with one attached hydrogen (secondary N) is 2. The van der Waals surface area contributed by atoms with Crippen molar-refractivity contribution in [2.75, 3.05) is 24.9 Å². The van der Waals surface area contributed by atoms with Gasteiger partial charge in [-0.3, -0.25) is 9.59 Å². The average Bonchev–Trinajstić information content (AvgIpc) is 2.77. The summed E-state index contributed by atoms with van der Waals surface area (Å²) in [5.74, 6) is -0.784. The van der Waals surface area contributed by atoms with E-state index in [9.17, 15) is 14.0 Å². The molecule has 2 amide bonds. The van der Waals surface area contributed by atoms with Crippen LogP contribution in [0.25, 0.3) is 0 Å². The predicted octanol–water partition coefficient (Wildman–Crippen LogP) is 4.93. The van der Waals surface area contributed by atoms with Gasteiger partial charge in [-0.1, -0.05) is 35.9 Å². The average molecular weight is 443 g/mol. The van der Waals surface area contributed by atoms with Crippen molar-refractivity contribution in [3.05, 3.63) is 82.6 Å². The summed E-state index contributed by atoms with van der Waals surface area (Å²) >= 11 is 6.00. The SMILES string of the molecule is COc1cc(NC(=O)c2ccccc2)c(OC)cc1NC(=O)Cc1c(F)cccc1Cl. The van der Waals surface area contributed by atoms with Crippen molar-refractivity contribution < 1.29 is 23.5 Å². The van der Waals surface area contributed by atoms with Crippen LogP contribution < -0.4 is 20.1 Å². The molecule has 0 aliphatic heterocycles. The highest BCUT2D eigenvalue weighted by atomic mass is 35.5. The van der Waals surface area contributed by atoms with Crippen LogP contribution in [0.15, 0.2) is 60.7 Å². The highest BCUT2D eigenvalue weighted by Gasteiger charge is 2.18. The van der Waals surface area contributed by atoms with E-state index in [1.54, 1.807) is 24.3 Å². The van der Waals surface area contributed by atoms with E-state index >= 15 is 0 Å². The molecule has 0 fully saturated rings. The summed E-state index contributed by atoms with van der Waals surface area (Å²) in [5, 5.41) is 5.60. The van der Waals surface area contributed by atoms with Crippen molar-refractivity contribution in [3.63, 3.8) is 0 Å². The summed E-state index contributed by atoms with van der Waals surface area (Å²) in [4.78, 5) is 25.0. The van der Waals surface area contributed by atoms with Gasteiger partial charge in [-0.2, -0.15) is 0 Å². The van der Waals surface area contributed by atoms with Gasteiger partial charge in [0, 0.05) is 28.3 Å². The third kappa shape index (κ3) is 5.32. The maximum absolute atomic E-state index is 14.0. The first-order valence-corrected chi connectivity index (χ1v) is 9.66. The summed E-state index contributed by atoms with van der Waals surface area (Å²) in [6, 6.07) is 16.0. The molecule has 0 spiro atoms. The number of anilines is 2. The maximum atomic E-state index is 14.0. The number of rotatable bonds is 7. The molecule has 2 N–H and O–H groups in total. The molecule has 0 aliphatic rings. The Morgan fingerprint density at radius 2 is 1.52 bits per heavy atom. The second-order valence-corrected chi connectivity index (χ2v) is 6.91. The summed E-state index contributed by atoms with van der Waals surface area (Å²) < 4.78 is 24.7. The van der Waals surface area contributed by atoms with Gasteiger partial charge < -0.3 is 20.1 Å². The maximum Gasteiger partial charge on any atom is 0.255 e. The lowest BCUT2D eigenvalue weighted by molar-refractivity contribution is -0.115. The van der Waals surface area contributed by atoms with Gasteiger partial charge in [0.15, 0.2) is 0 Å². The highest BCUT2D eigenvalue weighted by Crippen LogP contribution is 2.37. The van der Waals surface area contributed by atoms with E-state index in [-0.39, 0.29) is 28.7 Å². The Bertz CT molecular complexity index is 1090. The van der Waals surface area contributed by atoms with E-state index in [1.807, 2.05) is 6.07 Å². The fourth-order valence-electron chi connectivity index (χ4n) is 2.93. The molecule has 31 heavy (non-hydrogen) atoms. The van der Waals surface area contributed by atoms with Crippen LogP contribution in [-0.4, -0.2) is 26.0 Å². The molecule has 0 heterocycles. The number of carbonyl (C=O) groups is 2. The third-order valence-electron chi connectivity index (χ3n) is 4.48. The lowest BCUT2D eigenvalue weighted by Gasteiger charge is -2.16. The second kappa shape index (κ2) is 9.95. The zero-order valence-electron chi connectivity index (χ0n) is 16.9. The van der Waals surface area contributed by atoms with Crippen LogP contribution in [0, 0.1) is 5.82 Å². The second-order valence-electron chi connectivity index (χ2n) is 6.50. The molecular weight excluding hydrogens is 423 g/mol. The van der Waals surface area contributed by atoms with Gasteiger partial charge >= 0.3 is 0 Å². The Kier molecular flexibility index (Phi) is 7.10. The van der Waals surface area contributed by atoms with Crippen molar-refractivity contribution in [2.24, 2.45) is 0 Å². The van der Waals surface area contributed by atoms with Crippen LogP contribution in [0.4, 0.5) is 15.8 Å². The monoisotopic (exact) mass is 442 g/mol. The van der Waals surface area contributed by atoms with Gasteiger partial charge in [0.05, 0.1) is 32.0 Å². The number of ether oxygens (including phenoxy) is 2. The highest BCUT2D eigenvalue weighted by molar-refractivity contribution is 6.31. The van der Waals surface area contributed by atoms with E-state index in [0.29, 0.717) is 22.7 Å². The summed E-state index contributed by atoms with van der Waals surface area (Å²) in [5.41, 5.74) is 1.24. The Morgan fingerprint density at radius 3 is 2.10 bits per heavy atom. The minimum atomic E-state index is -0.564. The Hall–Kier alpha value is -3.58. The molecule has 3 aromatic rings. The van der Waals surface area contributed by atoms with E-state index in [0.717, 1.165) is 0 Å². The van der Waals surface area contributed by atoms with Crippen molar-refractivity contribution in [1.82, 2.24) is 0 Å². The van der Waals surface area contributed by atoms with Crippen LogP contribution in [-0.2, 0) is 11.2 Å². The van der Waals surface area contributed by atoms with E-state index in [2.05, 4.69) is 10.6 Å². The zero-order chi connectivity index (χ0) is 22.4. The largest absolute Gasteiger partial charge is 0.494 e. The van der Waals surface area contributed by atoms with Crippen LogP contribution in [0.3, 0.4) is 0 Å². The van der Waals surface area contributed by atoms with E-state index in [4.69, 9.17) is 21.1 Å². The Balaban J connectivity index is 1.83. The fourth-order valence-corrected chi connectivity index (χ4v) is 3.16.